The number of carbonyl (C=O) groups is 1. The molecule has 0 spiro atoms. The predicted octanol–water partition coefficient (Wildman–Crippen LogP) is 1.57. The van der Waals surface area contributed by atoms with Gasteiger partial charge in [0.2, 0.25) is 0 Å². The van der Waals surface area contributed by atoms with Gasteiger partial charge in [-0.25, -0.2) is 13.2 Å². The molecule has 1 aromatic carbocycles. The van der Waals surface area contributed by atoms with E-state index in [1.54, 1.807) is 0 Å². The van der Waals surface area contributed by atoms with Gasteiger partial charge in [-0.15, -0.1) is 0 Å². The van der Waals surface area contributed by atoms with Gasteiger partial charge < -0.3 is 15.8 Å². The Labute approximate surface area is 112 Å². The molecule has 0 bridgehead atoms. The molecule has 0 atom stereocenters. The Bertz CT molecular complexity index is 458. The smallest absolute Gasteiger partial charge is 0.277 e. The van der Waals surface area contributed by atoms with Gasteiger partial charge in [-0.05, 0) is 18.2 Å². The summed E-state index contributed by atoms with van der Waals surface area (Å²) in [6.07, 6.45) is 0. The molecule has 0 heterocycles. The Hall–Kier alpha value is -1.47. The SMILES string of the molecule is NCC(F)(F)CNC(=O)COc1ccc(F)cc1Cl. The molecule has 106 valence electrons. The van der Waals surface area contributed by atoms with Crippen molar-refractivity contribution in [2.24, 2.45) is 5.73 Å². The molecule has 0 unspecified atom stereocenters. The lowest BCUT2D eigenvalue weighted by Gasteiger charge is -2.14. The zero-order chi connectivity index (χ0) is 14.5. The van der Waals surface area contributed by atoms with E-state index in [4.69, 9.17) is 22.1 Å². The molecule has 0 fully saturated rings. The Balaban J connectivity index is 2.42. The van der Waals surface area contributed by atoms with Crippen LogP contribution in [0, 0.1) is 5.82 Å². The maximum atomic E-state index is 12.7. The van der Waals surface area contributed by atoms with Gasteiger partial charge in [-0.1, -0.05) is 11.6 Å². The fourth-order valence-corrected chi connectivity index (χ4v) is 1.31. The molecule has 0 aliphatic carbocycles. The number of halogens is 4. The minimum absolute atomic E-state index is 0.0138. The molecule has 19 heavy (non-hydrogen) atoms. The molecule has 8 heteroatoms. The molecule has 1 amide bonds. The standard InChI is InChI=1S/C11H12ClF3N2O2/c12-8-3-7(13)1-2-9(8)19-4-10(18)17-6-11(14,15)5-16/h1-3H,4-6,16H2,(H,17,18). The molecule has 0 saturated heterocycles. The second-order valence-corrected chi connectivity index (χ2v) is 4.11. The summed E-state index contributed by atoms with van der Waals surface area (Å²) in [7, 11) is 0. The molecule has 1 rings (SSSR count). The van der Waals surface area contributed by atoms with Crippen molar-refractivity contribution in [1.82, 2.24) is 5.32 Å². The highest BCUT2D eigenvalue weighted by atomic mass is 35.5. The first-order valence-corrected chi connectivity index (χ1v) is 5.64. The second kappa shape index (κ2) is 6.63. The average Bonchev–Trinajstić information content (AvgIpc) is 2.35. The van der Waals surface area contributed by atoms with Gasteiger partial charge >= 0.3 is 0 Å². The number of alkyl halides is 2. The van der Waals surface area contributed by atoms with E-state index in [-0.39, 0.29) is 10.8 Å². The minimum atomic E-state index is -3.16. The van der Waals surface area contributed by atoms with E-state index in [1.807, 2.05) is 5.32 Å². The maximum absolute atomic E-state index is 12.7. The van der Waals surface area contributed by atoms with E-state index in [1.165, 1.54) is 6.07 Å². The van der Waals surface area contributed by atoms with Crippen LogP contribution in [0.15, 0.2) is 18.2 Å². The summed E-state index contributed by atoms with van der Waals surface area (Å²) in [6.45, 7) is -2.24. The van der Waals surface area contributed by atoms with Crippen LogP contribution in [0.1, 0.15) is 0 Å². The Morgan fingerprint density at radius 1 is 1.47 bits per heavy atom. The number of carbonyl (C=O) groups excluding carboxylic acids is 1. The fourth-order valence-electron chi connectivity index (χ4n) is 1.09. The zero-order valence-electron chi connectivity index (χ0n) is 9.76. The van der Waals surface area contributed by atoms with Crippen molar-refractivity contribution in [3.8, 4) is 5.75 Å². The van der Waals surface area contributed by atoms with E-state index < -0.39 is 37.3 Å². The summed E-state index contributed by atoms with van der Waals surface area (Å²) in [4.78, 5) is 11.2. The number of nitrogens with two attached hydrogens (primary N) is 1. The van der Waals surface area contributed by atoms with E-state index in [0.29, 0.717) is 0 Å². The van der Waals surface area contributed by atoms with E-state index in [2.05, 4.69) is 0 Å². The number of benzene rings is 1. The first kappa shape index (κ1) is 15.6. The summed E-state index contributed by atoms with van der Waals surface area (Å²) < 4.78 is 43.2. The van der Waals surface area contributed by atoms with Crippen molar-refractivity contribution < 1.29 is 22.7 Å². The first-order valence-electron chi connectivity index (χ1n) is 5.26. The monoisotopic (exact) mass is 296 g/mol. The lowest BCUT2D eigenvalue weighted by molar-refractivity contribution is -0.124. The highest BCUT2D eigenvalue weighted by molar-refractivity contribution is 6.32. The molecule has 4 nitrogen and oxygen atoms in total. The average molecular weight is 297 g/mol. The van der Waals surface area contributed by atoms with Gasteiger partial charge in [0, 0.05) is 0 Å². The molecule has 1 aromatic rings. The lowest BCUT2D eigenvalue weighted by atomic mass is 10.3. The van der Waals surface area contributed by atoms with Crippen molar-refractivity contribution in [3.63, 3.8) is 0 Å². The summed E-state index contributed by atoms with van der Waals surface area (Å²) >= 11 is 5.65. The molecule has 0 aromatic heterocycles. The second-order valence-electron chi connectivity index (χ2n) is 3.70. The van der Waals surface area contributed by atoms with Crippen LogP contribution in [0.5, 0.6) is 5.75 Å². The van der Waals surface area contributed by atoms with Crippen molar-refractivity contribution in [2.45, 2.75) is 5.92 Å². The third kappa shape index (κ3) is 5.35. The number of ether oxygens (including phenoxy) is 1. The molecule has 0 radical (unpaired) electrons. The van der Waals surface area contributed by atoms with Crippen molar-refractivity contribution in [1.29, 1.82) is 0 Å². The van der Waals surface area contributed by atoms with Crippen LogP contribution in [0.25, 0.3) is 0 Å². The summed E-state index contributed by atoms with van der Waals surface area (Å²) in [5.74, 6) is -4.38. The van der Waals surface area contributed by atoms with Crippen molar-refractivity contribution in [3.05, 3.63) is 29.0 Å². The van der Waals surface area contributed by atoms with Crippen molar-refractivity contribution in [2.75, 3.05) is 19.7 Å². The number of nitrogens with one attached hydrogen (secondary N) is 1. The van der Waals surface area contributed by atoms with Crippen LogP contribution in [0.2, 0.25) is 5.02 Å². The van der Waals surface area contributed by atoms with Crippen LogP contribution >= 0.6 is 11.6 Å². The predicted molar refractivity (Wildman–Crippen MR) is 63.9 cm³/mol. The maximum Gasteiger partial charge on any atom is 0.277 e. The lowest BCUT2D eigenvalue weighted by Crippen LogP contribution is -2.43. The van der Waals surface area contributed by atoms with Gasteiger partial charge in [0.15, 0.2) is 6.61 Å². The third-order valence-corrected chi connectivity index (χ3v) is 2.39. The van der Waals surface area contributed by atoms with Crippen molar-refractivity contribution >= 4 is 17.5 Å². The van der Waals surface area contributed by atoms with Crippen LogP contribution < -0.4 is 15.8 Å². The Kier molecular flexibility index (Phi) is 5.44. The van der Waals surface area contributed by atoms with Crippen LogP contribution in [0.3, 0.4) is 0 Å². The Morgan fingerprint density at radius 3 is 2.74 bits per heavy atom. The number of hydrogen-bond acceptors (Lipinski definition) is 3. The largest absolute Gasteiger partial charge is 0.482 e. The van der Waals surface area contributed by atoms with Gasteiger partial charge in [0.25, 0.3) is 11.8 Å². The number of rotatable bonds is 6. The summed E-state index contributed by atoms with van der Waals surface area (Å²) in [5, 5.41) is 1.95. The van der Waals surface area contributed by atoms with Gasteiger partial charge in [-0.2, -0.15) is 0 Å². The number of hydrogen-bond donors (Lipinski definition) is 2. The zero-order valence-corrected chi connectivity index (χ0v) is 10.5. The van der Waals surface area contributed by atoms with Gasteiger partial charge in [0.05, 0.1) is 18.1 Å². The highest BCUT2D eigenvalue weighted by Crippen LogP contribution is 2.24. The topological polar surface area (TPSA) is 64.3 Å². The molecule has 3 N–H and O–H groups in total. The number of amides is 1. The van der Waals surface area contributed by atoms with E-state index in [9.17, 15) is 18.0 Å². The van der Waals surface area contributed by atoms with Crippen LogP contribution in [0.4, 0.5) is 13.2 Å². The molecular weight excluding hydrogens is 285 g/mol. The molecular formula is C11H12ClF3N2O2. The molecule has 0 saturated carbocycles. The first-order chi connectivity index (χ1) is 8.84. The van der Waals surface area contributed by atoms with Crippen LogP contribution in [-0.4, -0.2) is 31.5 Å². The summed E-state index contributed by atoms with van der Waals surface area (Å²) in [6, 6.07) is 3.35. The highest BCUT2D eigenvalue weighted by Gasteiger charge is 2.27. The molecule has 0 aliphatic heterocycles. The summed E-state index contributed by atoms with van der Waals surface area (Å²) in [5.41, 5.74) is 4.81. The van der Waals surface area contributed by atoms with E-state index >= 15 is 0 Å². The normalized spacial score (nSPS) is 11.2. The van der Waals surface area contributed by atoms with Crippen LogP contribution in [-0.2, 0) is 4.79 Å². The van der Waals surface area contributed by atoms with Gasteiger partial charge in [-0.3, -0.25) is 4.79 Å². The van der Waals surface area contributed by atoms with Gasteiger partial charge in [0.1, 0.15) is 11.6 Å². The third-order valence-electron chi connectivity index (χ3n) is 2.10. The molecule has 0 aliphatic rings. The fraction of sp³-hybridized carbons (Fsp3) is 0.364. The Morgan fingerprint density at radius 2 is 2.16 bits per heavy atom. The van der Waals surface area contributed by atoms with E-state index in [0.717, 1.165) is 12.1 Å². The minimum Gasteiger partial charge on any atom is -0.482 e. The quantitative estimate of drug-likeness (QED) is 0.837.